The lowest BCUT2D eigenvalue weighted by Gasteiger charge is -2.07. The van der Waals surface area contributed by atoms with Crippen LogP contribution in [-0.4, -0.2) is 31.1 Å². The number of ether oxygens (including phenoxy) is 1. The molecular weight excluding hydrogens is 352 g/mol. The van der Waals surface area contributed by atoms with Crippen molar-refractivity contribution in [2.24, 2.45) is 0 Å². The predicted octanol–water partition coefficient (Wildman–Crippen LogP) is 2.25. The van der Waals surface area contributed by atoms with E-state index >= 15 is 0 Å². The normalized spacial score (nSPS) is 10.9. The van der Waals surface area contributed by atoms with Crippen molar-refractivity contribution >= 4 is 38.1 Å². The van der Waals surface area contributed by atoms with Crippen LogP contribution in [0.3, 0.4) is 0 Å². The summed E-state index contributed by atoms with van der Waals surface area (Å²) in [6.45, 7) is 5.59. The van der Waals surface area contributed by atoms with E-state index in [2.05, 4.69) is 26.8 Å². The summed E-state index contributed by atoms with van der Waals surface area (Å²) in [7, 11) is -3.88. The third-order valence-electron chi connectivity index (χ3n) is 2.68. The summed E-state index contributed by atoms with van der Waals surface area (Å²) in [5.41, 5.74) is 0.357. The lowest BCUT2D eigenvalue weighted by Crippen LogP contribution is -2.12. The first kappa shape index (κ1) is 17.9. The highest BCUT2D eigenvalue weighted by atomic mass is 32.2. The van der Waals surface area contributed by atoms with Crippen molar-refractivity contribution < 1.29 is 17.9 Å². The summed E-state index contributed by atoms with van der Waals surface area (Å²) in [4.78, 5) is 11.3. The van der Waals surface area contributed by atoms with Crippen molar-refractivity contribution in [2.45, 2.75) is 17.7 Å². The second-order valence-corrected chi connectivity index (χ2v) is 7.34. The molecule has 1 aromatic carbocycles. The Morgan fingerprint density at radius 3 is 2.67 bits per heavy atom. The topological polar surface area (TPSA) is 110 Å². The smallest absolute Gasteiger partial charge is 0.291 e. The maximum absolute atomic E-state index is 12.3. The highest BCUT2D eigenvalue weighted by Gasteiger charge is 2.21. The molecule has 0 aliphatic heterocycles. The first-order chi connectivity index (χ1) is 11.4. The highest BCUT2D eigenvalue weighted by Crippen LogP contribution is 2.23. The van der Waals surface area contributed by atoms with Crippen LogP contribution in [-0.2, 0) is 14.8 Å². The fourth-order valence-corrected chi connectivity index (χ4v) is 3.53. The molecule has 8 nitrogen and oxygen atoms in total. The minimum atomic E-state index is -3.88. The number of amides is 1. The van der Waals surface area contributed by atoms with Gasteiger partial charge < -0.3 is 10.1 Å². The lowest BCUT2D eigenvalue weighted by atomic mass is 10.3. The van der Waals surface area contributed by atoms with Gasteiger partial charge in [0.15, 0.2) is 0 Å². The van der Waals surface area contributed by atoms with Crippen molar-refractivity contribution in [1.82, 2.24) is 10.2 Å². The molecule has 24 heavy (non-hydrogen) atoms. The van der Waals surface area contributed by atoms with Crippen LogP contribution in [0.4, 0.5) is 10.8 Å². The maximum Gasteiger partial charge on any atom is 0.291 e. The molecule has 10 heteroatoms. The van der Waals surface area contributed by atoms with Crippen LogP contribution in [0.1, 0.15) is 13.3 Å². The molecule has 0 bridgehead atoms. The summed E-state index contributed by atoms with van der Waals surface area (Å²) in [5, 5.41) is 9.84. The van der Waals surface area contributed by atoms with Gasteiger partial charge in [-0.25, -0.2) is 0 Å². The number of anilines is 2. The molecule has 2 aromatic rings. The van der Waals surface area contributed by atoms with Gasteiger partial charge in [0.05, 0.1) is 0 Å². The van der Waals surface area contributed by atoms with E-state index in [9.17, 15) is 13.2 Å². The second kappa shape index (κ2) is 7.88. The SMILES string of the molecule is C=CCOc1ccc(NS(=O)(=O)c2nnc(NC(=O)CC)s2)cc1. The molecule has 0 spiro atoms. The van der Waals surface area contributed by atoms with E-state index < -0.39 is 10.0 Å². The summed E-state index contributed by atoms with van der Waals surface area (Å²) < 4.78 is 32.0. The summed E-state index contributed by atoms with van der Waals surface area (Å²) in [5.74, 6) is 0.330. The van der Waals surface area contributed by atoms with E-state index in [1.807, 2.05) is 0 Å². The first-order valence-electron chi connectivity index (χ1n) is 6.94. The molecule has 0 saturated carbocycles. The molecule has 0 radical (unpaired) electrons. The van der Waals surface area contributed by atoms with Crippen LogP contribution >= 0.6 is 11.3 Å². The van der Waals surface area contributed by atoms with E-state index in [4.69, 9.17) is 4.74 Å². The number of sulfonamides is 1. The van der Waals surface area contributed by atoms with Crippen LogP contribution < -0.4 is 14.8 Å². The minimum Gasteiger partial charge on any atom is -0.490 e. The number of hydrogen-bond acceptors (Lipinski definition) is 7. The van der Waals surface area contributed by atoms with Gasteiger partial charge in [0, 0.05) is 12.1 Å². The van der Waals surface area contributed by atoms with E-state index in [0.29, 0.717) is 18.0 Å². The van der Waals surface area contributed by atoms with Crippen LogP contribution in [0.25, 0.3) is 0 Å². The first-order valence-corrected chi connectivity index (χ1v) is 9.24. The van der Waals surface area contributed by atoms with E-state index in [1.54, 1.807) is 37.3 Å². The molecule has 0 saturated heterocycles. The average Bonchev–Trinajstić information content (AvgIpc) is 3.03. The highest BCUT2D eigenvalue weighted by molar-refractivity contribution is 7.94. The zero-order chi connectivity index (χ0) is 17.6. The number of hydrogen-bond donors (Lipinski definition) is 2. The zero-order valence-electron chi connectivity index (χ0n) is 12.9. The van der Waals surface area contributed by atoms with Gasteiger partial charge in [-0.05, 0) is 24.3 Å². The number of aromatic nitrogens is 2. The molecule has 1 heterocycles. The van der Waals surface area contributed by atoms with Gasteiger partial charge in [0.1, 0.15) is 12.4 Å². The molecule has 1 amide bonds. The minimum absolute atomic E-state index is 0.135. The number of nitrogens with one attached hydrogen (secondary N) is 2. The van der Waals surface area contributed by atoms with Crippen molar-refractivity contribution in [3.63, 3.8) is 0 Å². The van der Waals surface area contributed by atoms with E-state index in [0.717, 1.165) is 11.3 Å². The van der Waals surface area contributed by atoms with Gasteiger partial charge in [-0.15, -0.1) is 10.2 Å². The maximum atomic E-state index is 12.3. The fraction of sp³-hybridized carbons (Fsp3) is 0.214. The monoisotopic (exact) mass is 368 g/mol. The Bertz CT molecular complexity index is 816. The van der Waals surface area contributed by atoms with Gasteiger partial charge in [0.2, 0.25) is 11.0 Å². The van der Waals surface area contributed by atoms with Crippen molar-refractivity contribution in [3.8, 4) is 5.75 Å². The molecule has 2 rings (SSSR count). The van der Waals surface area contributed by atoms with E-state index in [-0.39, 0.29) is 21.8 Å². The number of carbonyl (C=O) groups excluding carboxylic acids is 1. The Balaban J connectivity index is 2.07. The van der Waals surface area contributed by atoms with Crippen molar-refractivity contribution in [3.05, 3.63) is 36.9 Å². The number of rotatable bonds is 8. The van der Waals surface area contributed by atoms with E-state index in [1.165, 1.54) is 0 Å². The summed E-state index contributed by atoms with van der Waals surface area (Å²) in [6.07, 6.45) is 1.88. The van der Waals surface area contributed by atoms with Crippen molar-refractivity contribution in [1.29, 1.82) is 0 Å². The average molecular weight is 368 g/mol. The predicted molar refractivity (Wildman–Crippen MR) is 91.8 cm³/mol. The van der Waals surface area contributed by atoms with Crippen LogP contribution in [0, 0.1) is 0 Å². The molecule has 1 aromatic heterocycles. The second-order valence-electron chi connectivity index (χ2n) is 4.50. The third kappa shape index (κ3) is 4.77. The molecule has 0 atom stereocenters. The van der Waals surface area contributed by atoms with Gasteiger partial charge in [0.25, 0.3) is 14.4 Å². The lowest BCUT2D eigenvalue weighted by molar-refractivity contribution is -0.115. The fourth-order valence-electron chi connectivity index (χ4n) is 1.55. The Hall–Kier alpha value is -2.46. The summed E-state index contributed by atoms with van der Waals surface area (Å²) >= 11 is 0.777. The summed E-state index contributed by atoms with van der Waals surface area (Å²) in [6, 6.07) is 6.40. The molecule has 0 aliphatic rings. The molecular formula is C14H16N4O4S2. The Morgan fingerprint density at radius 1 is 1.33 bits per heavy atom. The largest absolute Gasteiger partial charge is 0.490 e. The Morgan fingerprint density at radius 2 is 2.04 bits per heavy atom. The van der Waals surface area contributed by atoms with Crippen molar-refractivity contribution in [2.75, 3.05) is 16.6 Å². The van der Waals surface area contributed by atoms with Crippen LogP contribution in [0.15, 0.2) is 41.3 Å². The van der Waals surface area contributed by atoms with Crippen LogP contribution in [0.5, 0.6) is 5.75 Å². The molecule has 2 N–H and O–H groups in total. The standard InChI is InChI=1S/C14H16N4O4S2/c1-3-9-22-11-7-5-10(6-8-11)18-24(20,21)14-17-16-13(23-14)15-12(19)4-2/h3,5-8,18H,1,4,9H2,2H3,(H,15,16,19). The molecule has 128 valence electrons. The van der Waals surface area contributed by atoms with Gasteiger partial charge in [-0.1, -0.05) is 30.9 Å². The molecule has 0 aliphatic carbocycles. The quantitative estimate of drug-likeness (QED) is 0.546. The van der Waals surface area contributed by atoms with Crippen LogP contribution in [0.2, 0.25) is 0 Å². The Kier molecular flexibility index (Phi) is 5.88. The number of carbonyl (C=O) groups is 1. The van der Waals surface area contributed by atoms with Gasteiger partial charge >= 0.3 is 0 Å². The number of nitrogens with zero attached hydrogens (tertiary/aromatic N) is 2. The van der Waals surface area contributed by atoms with Gasteiger partial charge in [-0.2, -0.15) is 8.42 Å². The Labute approximate surface area is 143 Å². The third-order valence-corrected chi connectivity index (χ3v) is 5.27. The molecule has 0 fully saturated rings. The zero-order valence-corrected chi connectivity index (χ0v) is 14.5. The molecule has 0 unspecified atom stereocenters. The van der Waals surface area contributed by atoms with Gasteiger partial charge in [-0.3, -0.25) is 9.52 Å². The number of benzene rings is 1.